The first-order valence-electron chi connectivity index (χ1n) is 6.05. The molecule has 1 aromatic heterocycles. The molecule has 1 aromatic carbocycles. The molecule has 106 valence electrons. The smallest absolute Gasteiger partial charge is 0.161 e. The van der Waals surface area contributed by atoms with E-state index in [0.717, 1.165) is 12.1 Å². The Bertz CT molecular complexity index is 647. The summed E-state index contributed by atoms with van der Waals surface area (Å²) in [6.07, 6.45) is 0.773. The van der Waals surface area contributed by atoms with Gasteiger partial charge in [-0.25, -0.2) is 14.4 Å². The largest absolute Gasteiger partial charge is 0.232 e. The topological polar surface area (TPSA) is 25.8 Å². The van der Waals surface area contributed by atoms with Crippen molar-refractivity contribution in [3.8, 4) is 11.4 Å². The fourth-order valence-electron chi connectivity index (χ4n) is 1.75. The summed E-state index contributed by atoms with van der Waals surface area (Å²) in [4.78, 5) is 8.70. The SMILES string of the molecule is CC(C)Cc1nc(-c2ccc(Br)c(F)c2)nc(Cl)c1Br. The molecule has 0 saturated carbocycles. The molecule has 2 rings (SSSR count). The number of halogens is 4. The van der Waals surface area contributed by atoms with E-state index in [1.807, 2.05) is 0 Å². The maximum absolute atomic E-state index is 13.6. The van der Waals surface area contributed by atoms with Crippen molar-refractivity contribution >= 4 is 43.5 Å². The third-order valence-electron chi connectivity index (χ3n) is 2.66. The maximum Gasteiger partial charge on any atom is 0.161 e. The van der Waals surface area contributed by atoms with E-state index in [2.05, 4.69) is 55.7 Å². The van der Waals surface area contributed by atoms with E-state index in [1.54, 1.807) is 12.1 Å². The number of hydrogen-bond donors (Lipinski definition) is 0. The molecule has 0 bridgehead atoms. The summed E-state index contributed by atoms with van der Waals surface area (Å²) in [5.74, 6) is 0.516. The van der Waals surface area contributed by atoms with E-state index in [0.29, 0.717) is 31.4 Å². The van der Waals surface area contributed by atoms with Crippen molar-refractivity contribution in [2.45, 2.75) is 20.3 Å². The fourth-order valence-corrected chi connectivity index (χ4v) is 2.52. The van der Waals surface area contributed by atoms with E-state index < -0.39 is 0 Å². The summed E-state index contributed by atoms with van der Waals surface area (Å²) in [6, 6.07) is 4.78. The molecule has 2 aromatic rings. The zero-order chi connectivity index (χ0) is 14.9. The lowest BCUT2D eigenvalue weighted by Gasteiger charge is -2.10. The minimum Gasteiger partial charge on any atom is -0.232 e. The first-order valence-corrected chi connectivity index (χ1v) is 8.02. The van der Waals surface area contributed by atoms with E-state index in [4.69, 9.17) is 11.6 Å². The van der Waals surface area contributed by atoms with Crippen molar-refractivity contribution in [2.24, 2.45) is 5.92 Å². The lowest BCUT2D eigenvalue weighted by molar-refractivity contribution is 0.621. The van der Waals surface area contributed by atoms with Crippen LogP contribution in [0.1, 0.15) is 19.5 Å². The Balaban J connectivity index is 2.51. The van der Waals surface area contributed by atoms with Crippen LogP contribution in [0.15, 0.2) is 27.1 Å². The molecule has 0 spiro atoms. The lowest BCUT2D eigenvalue weighted by atomic mass is 10.1. The molecule has 0 aliphatic carbocycles. The molecule has 20 heavy (non-hydrogen) atoms. The van der Waals surface area contributed by atoms with Crippen LogP contribution in [0.4, 0.5) is 4.39 Å². The molecular formula is C14H12Br2ClFN2. The van der Waals surface area contributed by atoms with Crippen molar-refractivity contribution in [1.82, 2.24) is 9.97 Å². The zero-order valence-electron chi connectivity index (χ0n) is 10.9. The van der Waals surface area contributed by atoms with Crippen LogP contribution in [0.3, 0.4) is 0 Å². The Morgan fingerprint density at radius 2 is 1.95 bits per heavy atom. The molecule has 1 heterocycles. The van der Waals surface area contributed by atoms with Gasteiger partial charge in [-0.05, 0) is 62.4 Å². The predicted octanol–water partition coefficient (Wildman–Crippen LogP) is 5.66. The quantitative estimate of drug-likeness (QED) is 0.597. The van der Waals surface area contributed by atoms with Gasteiger partial charge in [0.05, 0.1) is 14.6 Å². The fraction of sp³-hybridized carbons (Fsp3) is 0.286. The molecule has 0 saturated heterocycles. The summed E-state index contributed by atoms with van der Waals surface area (Å²) in [5, 5.41) is 0.342. The van der Waals surface area contributed by atoms with Gasteiger partial charge >= 0.3 is 0 Å². The molecule has 0 amide bonds. The summed E-state index contributed by atoms with van der Waals surface area (Å²) < 4.78 is 14.7. The second-order valence-electron chi connectivity index (χ2n) is 4.83. The Hall–Kier alpha value is -0.520. The van der Waals surface area contributed by atoms with Crippen LogP contribution in [0.5, 0.6) is 0 Å². The van der Waals surface area contributed by atoms with Crippen LogP contribution in [0.2, 0.25) is 5.15 Å². The highest BCUT2D eigenvalue weighted by atomic mass is 79.9. The van der Waals surface area contributed by atoms with Gasteiger partial charge in [0.15, 0.2) is 5.82 Å². The standard InChI is InChI=1S/C14H12Br2ClFN2/c1-7(2)5-11-12(16)13(17)20-14(19-11)8-3-4-9(15)10(18)6-8/h3-4,6-7H,5H2,1-2H3. The van der Waals surface area contributed by atoms with Crippen LogP contribution in [0, 0.1) is 11.7 Å². The summed E-state index contributed by atoms with van der Waals surface area (Å²) in [5.41, 5.74) is 1.43. The van der Waals surface area contributed by atoms with Gasteiger partial charge in [-0.15, -0.1) is 0 Å². The number of hydrogen-bond acceptors (Lipinski definition) is 2. The number of aromatic nitrogens is 2. The van der Waals surface area contributed by atoms with E-state index in [9.17, 15) is 4.39 Å². The van der Waals surface area contributed by atoms with Crippen LogP contribution >= 0.6 is 43.5 Å². The van der Waals surface area contributed by atoms with Gasteiger partial charge in [0, 0.05) is 5.56 Å². The molecular weight excluding hydrogens is 410 g/mol. The third kappa shape index (κ3) is 3.57. The highest BCUT2D eigenvalue weighted by molar-refractivity contribution is 9.10. The van der Waals surface area contributed by atoms with Crippen molar-refractivity contribution in [2.75, 3.05) is 0 Å². The van der Waals surface area contributed by atoms with Gasteiger partial charge in [-0.2, -0.15) is 0 Å². The minimum atomic E-state index is -0.351. The van der Waals surface area contributed by atoms with Crippen LogP contribution < -0.4 is 0 Å². The lowest BCUT2D eigenvalue weighted by Crippen LogP contribution is -2.03. The molecule has 0 N–H and O–H groups in total. The average Bonchev–Trinajstić information content (AvgIpc) is 2.37. The molecule has 0 unspecified atom stereocenters. The van der Waals surface area contributed by atoms with Crippen LogP contribution in [-0.2, 0) is 6.42 Å². The van der Waals surface area contributed by atoms with Gasteiger partial charge < -0.3 is 0 Å². The Morgan fingerprint density at radius 1 is 1.25 bits per heavy atom. The Kier molecular flexibility index (Phi) is 5.15. The number of rotatable bonds is 3. The molecule has 0 fully saturated rings. The van der Waals surface area contributed by atoms with Crippen molar-refractivity contribution in [3.63, 3.8) is 0 Å². The number of benzene rings is 1. The second kappa shape index (κ2) is 6.50. The van der Waals surface area contributed by atoms with Crippen LogP contribution in [0.25, 0.3) is 11.4 Å². The van der Waals surface area contributed by atoms with E-state index >= 15 is 0 Å². The predicted molar refractivity (Wildman–Crippen MR) is 86.4 cm³/mol. The molecule has 6 heteroatoms. The highest BCUT2D eigenvalue weighted by Crippen LogP contribution is 2.29. The van der Waals surface area contributed by atoms with Gasteiger partial charge in [0.25, 0.3) is 0 Å². The minimum absolute atomic E-state index is 0.342. The molecule has 0 radical (unpaired) electrons. The van der Waals surface area contributed by atoms with Crippen molar-refractivity contribution in [1.29, 1.82) is 0 Å². The highest BCUT2D eigenvalue weighted by Gasteiger charge is 2.14. The molecule has 0 atom stereocenters. The molecule has 2 nitrogen and oxygen atoms in total. The van der Waals surface area contributed by atoms with Gasteiger partial charge in [0.2, 0.25) is 0 Å². The monoisotopic (exact) mass is 420 g/mol. The normalized spacial score (nSPS) is 11.2. The maximum atomic E-state index is 13.6. The van der Waals surface area contributed by atoms with E-state index in [1.165, 1.54) is 6.07 Å². The first-order chi connectivity index (χ1) is 9.38. The first kappa shape index (κ1) is 15.9. The van der Waals surface area contributed by atoms with Crippen molar-refractivity contribution < 1.29 is 4.39 Å². The number of nitrogens with zero attached hydrogens (tertiary/aromatic N) is 2. The zero-order valence-corrected chi connectivity index (χ0v) is 14.9. The summed E-state index contributed by atoms with van der Waals surface area (Å²) in [7, 11) is 0. The van der Waals surface area contributed by atoms with Gasteiger partial charge in [-0.3, -0.25) is 0 Å². The van der Waals surface area contributed by atoms with Gasteiger partial charge in [-0.1, -0.05) is 25.4 Å². The van der Waals surface area contributed by atoms with Crippen molar-refractivity contribution in [3.05, 3.63) is 43.8 Å². The van der Waals surface area contributed by atoms with Gasteiger partial charge in [0.1, 0.15) is 11.0 Å². The van der Waals surface area contributed by atoms with E-state index in [-0.39, 0.29) is 5.82 Å². The summed E-state index contributed by atoms with van der Waals surface area (Å²) in [6.45, 7) is 4.20. The Morgan fingerprint density at radius 3 is 2.55 bits per heavy atom. The average molecular weight is 423 g/mol. The second-order valence-corrected chi connectivity index (χ2v) is 6.83. The molecule has 0 aliphatic heterocycles. The molecule has 0 aliphatic rings. The summed E-state index contributed by atoms with van der Waals surface area (Å²) >= 11 is 12.7. The Labute approximate surface area is 139 Å². The third-order valence-corrected chi connectivity index (χ3v) is 4.64. The van der Waals surface area contributed by atoms with Crippen LogP contribution in [-0.4, -0.2) is 9.97 Å².